The van der Waals surface area contributed by atoms with Crippen LogP contribution in [0.3, 0.4) is 0 Å². The Bertz CT molecular complexity index is 828. The highest BCUT2D eigenvalue weighted by Crippen LogP contribution is 2.34. The summed E-state index contributed by atoms with van der Waals surface area (Å²) in [5.41, 5.74) is -0.0980. The molecule has 0 saturated carbocycles. The van der Waals surface area contributed by atoms with Crippen LogP contribution in [0, 0.1) is 10.1 Å². The second kappa shape index (κ2) is 7.19. The second-order valence-corrected chi connectivity index (χ2v) is 4.94. The zero-order chi connectivity index (χ0) is 17.7. The highest BCUT2D eigenvalue weighted by molar-refractivity contribution is 6.10. The third kappa shape index (κ3) is 4.04. The normalized spacial score (nSPS) is 10.5. The Kier molecular flexibility index (Phi) is 5.06. The van der Waals surface area contributed by atoms with E-state index in [2.05, 4.69) is 5.32 Å². The largest absolute Gasteiger partial charge is 0.502 e. The molecule has 2 rings (SSSR count). The number of rotatable bonds is 5. The molecule has 0 spiro atoms. The molecule has 0 fully saturated rings. The smallest absolute Gasteiger partial charge is 0.313 e. The van der Waals surface area contributed by atoms with E-state index < -0.39 is 28.1 Å². The molecule has 2 aromatic carbocycles. The van der Waals surface area contributed by atoms with Crippen molar-refractivity contribution in [2.75, 3.05) is 5.32 Å². The standard InChI is InChI=1S/C17H14N2O5/c1-11(20)18-13-9-14(17(22)15(10-13)19(23)24)16(21)8-7-12-5-3-2-4-6-12/h2-10,22H,1H3,(H,18,20)/b8-7+. The monoisotopic (exact) mass is 326 g/mol. The fraction of sp³-hybridized carbons (Fsp3) is 0.0588. The van der Waals surface area contributed by atoms with Gasteiger partial charge in [-0.1, -0.05) is 36.4 Å². The van der Waals surface area contributed by atoms with Gasteiger partial charge in [0.05, 0.1) is 10.5 Å². The van der Waals surface area contributed by atoms with Crippen LogP contribution >= 0.6 is 0 Å². The van der Waals surface area contributed by atoms with Crippen molar-refractivity contribution in [2.45, 2.75) is 6.92 Å². The summed E-state index contributed by atoms with van der Waals surface area (Å²) in [5.74, 6) is -1.81. The van der Waals surface area contributed by atoms with Crippen LogP contribution in [0.2, 0.25) is 0 Å². The van der Waals surface area contributed by atoms with Crippen molar-refractivity contribution in [1.29, 1.82) is 0 Å². The van der Waals surface area contributed by atoms with Crippen molar-refractivity contribution in [3.8, 4) is 5.75 Å². The van der Waals surface area contributed by atoms with Crippen LogP contribution in [0.5, 0.6) is 5.75 Å². The highest BCUT2D eigenvalue weighted by atomic mass is 16.6. The molecule has 0 heterocycles. The first-order valence-corrected chi connectivity index (χ1v) is 6.95. The molecule has 0 bridgehead atoms. The maximum Gasteiger partial charge on any atom is 0.313 e. The maximum atomic E-state index is 12.3. The first kappa shape index (κ1) is 16.9. The summed E-state index contributed by atoms with van der Waals surface area (Å²) in [6, 6.07) is 11.2. The third-order valence-corrected chi connectivity index (χ3v) is 3.10. The summed E-state index contributed by atoms with van der Waals surface area (Å²) in [5, 5.41) is 23.4. The summed E-state index contributed by atoms with van der Waals surface area (Å²) in [6.45, 7) is 1.23. The van der Waals surface area contributed by atoms with Crippen LogP contribution in [0.4, 0.5) is 11.4 Å². The summed E-state index contributed by atoms with van der Waals surface area (Å²) >= 11 is 0. The Balaban J connectivity index is 2.42. The molecule has 7 heteroatoms. The second-order valence-electron chi connectivity index (χ2n) is 4.94. The van der Waals surface area contributed by atoms with Crippen LogP contribution in [-0.4, -0.2) is 21.7 Å². The number of allylic oxidation sites excluding steroid dienone is 1. The van der Waals surface area contributed by atoms with Gasteiger partial charge in [0.15, 0.2) is 5.78 Å². The van der Waals surface area contributed by atoms with E-state index in [0.29, 0.717) is 0 Å². The molecule has 7 nitrogen and oxygen atoms in total. The van der Waals surface area contributed by atoms with Gasteiger partial charge in [-0.15, -0.1) is 0 Å². The number of anilines is 1. The SMILES string of the molecule is CC(=O)Nc1cc(C(=O)/C=C/c2ccccc2)c(O)c([N+](=O)[O-])c1. The Morgan fingerprint density at radius 3 is 2.46 bits per heavy atom. The number of benzene rings is 2. The number of phenolic OH excluding ortho intramolecular Hbond substituents is 1. The van der Waals surface area contributed by atoms with Crippen LogP contribution < -0.4 is 5.32 Å². The zero-order valence-corrected chi connectivity index (χ0v) is 12.7. The number of hydrogen-bond acceptors (Lipinski definition) is 5. The van der Waals surface area contributed by atoms with Gasteiger partial charge in [0, 0.05) is 18.7 Å². The van der Waals surface area contributed by atoms with Gasteiger partial charge in [-0.25, -0.2) is 0 Å². The molecule has 0 saturated heterocycles. The van der Waals surface area contributed by atoms with E-state index in [0.717, 1.165) is 11.6 Å². The molecule has 2 aromatic rings. The van der Waals surface area contributed by atoms with Crippen LogP contribution in [-0.2, 0) is 4.79 Å². The topological polar surface area (TPSA) is 110 Å². The number of phenols is 1. The van der Waals surface area contributed by atoms with Crippen molar-refractivity contribution in [2.24, 2.45) is 0 Å². The lowest BCUT2D eigenvalue weighted by Gasteiger charge is -2.07. The van der Waals surface area contributed by atoms with E-state index in [1.165, 1.54) is 25.1 Å². The first-order chi connectivity index (χ1) is 11.4. The molecular formula is C17H14N2O5. The van der Waals surface area contributed by atoms with Crippen LogP contribution in [0.25, 0.3) is 6.08 Å². The summed E-state index contributed by atoms with van der Waals surface area (Å²) in [7, 11) is 0. The molecule has 1 amide bonds. The minimum atomic E-state index is -0.821. The fourth-order valence-electron chi connectivity index (χ4n) is 2.05. The van der Waals surface area contributed by atoms with Crippen LogP contribution in [0.15, 0.2) is 48.5 Å². The molecular weight excluding hydrogens is 312 g/mol. The molecule has 122 valence electrons. The van der Waals surface area contributed by atoms with Crippen molar-refractivity contribution in [1.82, 2.24) is 0 Å². The van der Waals surface area contributed by atoms with E-state index >= 15 is 0 Å². The van der Waals surface area contributed by atoms with Crippen molar-refractivity contribution < 1.29 is 19.6 Å². The third-order valence-electron chi connectivity index (χ3n) is 3.10. The van der Waals surface area contributed by atoms with Crippen molar-refractivity contribution in [3.63, 3.8) is 0 Å². The van der Waals surface area contributed by atoms with Gasteiger partial charge < -0.3 is 10.4 Å². The predicted octanol–water partition coefficient (Wildman–Crippen LogP) is 3.15. The average molecular weight is 326 g/mol. The van der Waals surface area contributed by atoms with E-state index in [-0.39, 0.29) is 11.3 Å². The highest BCUT2D eigenvalue weighted by Gasteiger charge is 2.22. The summed E-state index contributed by atoms with van der Waals surface area (Å²) < 4.78 is 0. The van der Waals surface area contributed by atoms with E-state index in [4.69, 9.17) is 0 Å². The van der Waals surface area contributed by atoms with Gasteiger partial charge in [0.2, 0.25) is 11.7 Å². The Morgan fingerprint density at radius 2 is 1.88 bits per heavy atom. The number of aromatic hydroxyl groups is 1. The van der Waals surface area contributed by atoms with Gasteiger partial charge in [0.1, 0.15) is 0 Å². The lowest BCUT2D eigenvalue weighted by atomic mass is 10.1. The molecule has 0 aliphatic heterocycles. The number of nitrogens with one attached hydrogen (secondary N) is 1. The number of carbonyl (C=O) groups excluding carboxylic acids is 2. The van der Waals surface area contributed by atoms with E-state index in [1.807, 2.05) is 6.07 Å². The Morgan fingerprint density at radius 1 is 1.21 bits per heavy atom. The molecule has 0 unspecified atom stereocenters. The lowest BCUT2D eigenvalue weighted by Crippen LogP contribution is -2.08. The quantitative estimate of drug-likeness (QED) is 0.288. The minimum absolute atomic E-state index is 0.0588. The molecule has 0 aliphatic rings. The van der Waals surface area contributed by atoms with Gasteiger partial charge >= 0.3 is 5.69 Å². The van der Waals surface area contributed by atoms with Gasteiger partial charge in [-0.3, -0.25) is 19.7 Å². The molecule has 0 atom stereocenters. The van der Waals surface area contributed by atoms with E-state index in [1.54, 1.807) is 24.3 Å². The van der Waals surface area contributed by atoms with Crippen molar-refractivity contribution in [3.05, 3.63) is 69.8 Å². The average Bonchev–Trinajstić information content (AvgIpc) is 2.54. The number of nitro benzene ring substituents is 1. The first-order valence-electron chi connectivity index (χ1n) is 6.95. The Hall–Kier alpha value is -3.48. The Labute approximate surface area is 137 Å². The van der Waals surface area contributed by atoms with Crippen molar-refractivity contribution >= 4 is 29.1 Å². The number of ketones is 1. The molecule has 0 radical (unpaired) electrons. The van der Waals surface area contributed by atoms with Gasteiger partial charge in [-0.2, -0.15) is 0 Å². The summed E-state index contributed by atoms with van der Waals surface area (Å²) in [4.78, 5) is 33.6. The van der Waals surface area contributed by atoms with Crippen LogP contribution in [0.1, 0.15) is 22.8 Å². The molecule has 0 aromatic heterocycles. The predicted molar refractivity (Wildman–Crippen MR) is 88.9 cm³/mol. The number of carbonyl (C=O) groups is 2. The zero-order valence-electron chi connectivity index (χ0n) is 12.7. The number of nitro groups is 1. The van der Waals surface area contributed by atoms with Gasteiger partial charge in [0.25, 0.3) is 0 Å². The van der Waals surface area contributed by atoms with E-state index in [9.17, 15) is 24.8 Å². The number of hydrogen-bond donors (Lipinski definition) is 2. The number of nitrogens with zero attached hydrogens (tertiary/aromatic N) is 1. The fourth-order valence-corrected chi connectivity index (χ4v) is 2.05. The minimum Gasteiger partial charge on any atom is -0.502 e. The summed E-state index contributed by atoms with van der Waals surface area (Å²) in [6.07, 6.45) is 2.73. The maximum absolute atomic E-state index is 12.3. The van der Waals surface area contributed by atoms with Gasteiger partial charge in [-0.05, 0) is 17.7 Å². The number of amides is 1. The molecule has 24 heavy (non-hydrogen) atoms. The molecule has 2 N–H and O–H groups in total. The lowest BCUT2D eigenvalue weighted by molar-refractivity contribution is -0.385. The molecule has 0 aliphatic carbocycles.